The van der Waals surface area contributed by atoms with Gasteiger partial charge in [-0.15, -0.1) is 0 Å². The number of hydrogen-bond acceptors (Lipinski definition) is 3. The van der Waals surface area contributed by atoms with Gasteiger partial charge in [-0.3, -0.25) is 14.4 Å². The Labute approximate surface area is 148 Å². The molecule has 1 aromatic rings. The van der Waals surface area contributed by atoms with Crippen LogP contribution in [0.1, 0.15) is 36.8 Å². The number of carbonyl (C=O) groups is 3. The molecule has 3 rings (SSSR count). The second-order valence-corrected chi connectivity index (χ2v) is 6.92. The number of benzene rings is 1. The third-order valence-electron chi connectivity index (χ3n) is 5.35. The third-order valence-corrected chi connectivity index (χ3v) is 5.35. The van der Waals surface area contributed by atoms with Crippen molar-refractivity contribution in [1.82, 2.24) is 9.80 Å². The molecule has 0 aliphatic carbocycles. The summed E-state index contributed by atoms with van der Waals surface area (Å²) in [5.74, 6) is -0.867. The number of hydrogen-bond donors (Lipinski definition) is 1. The first-order valence-electron chi connectivity index (χ1n) is 8.93. The van der Waals surface area contributed by atoms with Crippen LogP contribution in [0.2, 0.25) is 0 Å². The average molecular weight is 343 g/mol. The monoisotopic (exact) mass is 343 g/mol. The Balaban J connectivity index is 1.56. The van der Waals surface area contributed by atoms with Crippen LogP contribution in [0.3, 0.4) is 0 Å². The molecule has 1 aromatic carbocycles. The first-order valence-corrected chi connectivity index (χ1v) is 8.93. The molecule has 0 bridgehead atoms. The van der Waals surface area contributed by atoms with Gasteiger partial charge in [0, 0.05) is 37.8 Å². The van der Waals surface area contributed by atoms with E-state index in [4.69, 9.17) is 0 Å². The number of carbonyl (C=O) groups excluding carboxylic acids is 3. The zero-order valence-corrected chi connectivity index (χ0v) is 14.9. The molecule has 0 unspecified atom stereocenters. The summed E-state index contributed by atoms with van der Waals surface area (Å²) >= 11 is 0. The lowest BCUT2D eigenvalue weighted by molar-refractivity contribution is -0.144. The minimum atomic E-state index is -0.593. The van der Waals surface area contributed by atoms with Gasteiger partial charge in [-0.05, 0) is 50.3 Å². The van der Waals surface area contributed by atoms with Crippen LogP contribution in [-0.2, 0) is 14.4 Å². The van der Waals surface area contributed by atoms with Crippen molar-refractivity contribution in [2.75, 3.05) is 25.0 Å². The quantitative estimate of drug-likeness (QED) is 0.833. The number of amides is 3. The van der Waals surface area contributed by atoms with Gasteiger partial charge >= 0.3 is 11.8 Å². The Morgan fingerprint density at radius 1 is 1.12 bits per heavy atom. The van der Waals surface area contributed by atoms with Crippen molar-refractivity contribution in [2.24, 2.45) is 0 Å². The van der Waals surface area contributed by atoms with Crippen molar-refractivity contribution in [1.29, 1.82) is 0 Å². The number of aryl methyl sites for hydroxylation is 1. The van der Waals surface area contributed by atoms with Crippen LogP contribution < -0.4 is 5.32 Å². The van der Waals surface area contributed by atoms with Crippen LogP contribution in [0.4, 0.5) is 5.69 Å². The van der Waals surface area contributed by atoms with Gasteiger partial charge in [0.05, 0.1) is 0 Å². The number of nitrogens with one attached hydrogen (secondary N) is 1. The Morgan fingerprint density at radius 3 is 2.48 bits per heavy atom. The topological polar surface area (TPSA) is 69.7 Å². The van der Waals surface area contributed by atoms with E-state index < -0.39 is 11.8 Å². The highest BCUT2D eigenvalue weighted by Gasteiger charge is 2.33. The van der Waals surface area contributed by atoms with E-state index in [-0.39, 0.29) is 11.9 Å². The molecule has 2 aliphatic heterocycles. The number of nitrogens with zero attached hydrogens (tertiary/aromatic N) is 2. The molecule has 2 aliphatic rings. The molecule has 134 valence electrons. The van der Waals surface area contributed by atoms with Gasteiger partial charge in [-0.25, -0.2) is 0 Å². The molecule has 0 aromatic heterocycles. The average Bonchev–Trinajstić information content (AvgIpc) is 3.04. The molecule has 6 nitrogen and oxygen atoms in total. The summed E-state index contributed by atoms with van der Waals surface area (Å²) < 4.78 is 0. The molecule has 6 heteroatoms. The normalized spacial score (nSPS) is 18.6. The highest BCUT2D eigenvalue weighted by atomic mass is 16.2. The smallest absolute Gasteiger partial charge is 0.313 e. The predicted molar refractivity (Wildman–Crippen MR) is 95.1 cm³/mol. The Hall–Kier alpha value is -2.37. The minimum absolute atomic E-state index is 0.209. The summed E-state index contributed by atoms with van der Waals surface area (Å²) in [6.07, 6.45) is 3.05. The van der Waals surface area contributed by atoms with Crippen molar-refractivity contribution >= 4 is 23.4 Å². The van der Waals surface area contributed by atoms with E-state index in [0.29, 0.717) is 25.2 Å². The number of anilines is 1. The fourth-order valence-electron chi connectivity index (χ4n) is 3.64. The van der Waals surface area contributed by atoms with Gasteiger partial charge in [0.1, 0.15) is 0 Å². The SMILES string of the molecule is Cc1cccc(NC(=O)C(=O)N2CCC(N3CCCC3=O)CC2)c1C. The maximum absolute atomic E-state index is 12.4. The molecule has 2 saturated heterocycles. The lowest BCUT2D eigenvalue weighted by Gasteiger charge is -2.36. The van der Waals surface area contributed by atoms with Gasteiger partial charge in [-0.2, -0.15) is 0 Å². The van der Waals surface area contributed by atoms with E-state index in [0.717, 1.165) is 36.9 Å². The molecule has 2 fully saturated rings. The van der Waals surface area contributed by atoms with Gasteiger partial charge < -0.3 is 15.1 Å². The summed E-state index contributed by atoms with van der Waals surface area (Å²) in [5, 5.41) is 2.73. The van der Waals surface area contributed by atoms with Gasteiger partial charge in [0.15, 0.2) is 0 Å². The standard InChI is InChI=1S/C19H25N3O3/c1-13-5-3-6-16(14(13)2)20-18(24)19(25)21-11-8-15(9-12-21)22-10-4-7-17(22)23/h3,5-6,15H,4,7-12H2,1-2H3,(H,20,24). The summed E-state index contributed by atoms with van der Waals surface area (Å²) in [6.45, 7) is 5.76. The van der Waals surface area contributed by atoms with E-state index in [1.54, 1.807) is 11.0 Å². The van der Waals surface area contributed by atoms with Crippen molar-refractivity contribution in [3.8, 4) is 0 Å². The maximum Gasteiger partial charge on any atom is 0.313 e. The lowest BCUT2D eigenvalue weighted by Crippen LogP contribution is -2.49. The fourth-order valence-corrected chi connectivity index (χ4v) is 3.64. The van der Waals surface area contributed by atoms with Gasteiger partial charge in [0.25, 0.3) is 0 Å². The molecule has 3 amide bonds. The molecule has 0 atom stereocenters. The second-order valence-electron chi connectivity index (χ2n) is 6.92. The van der Waals surface area contributed by atoms with E-state index in [2.05, 4.69) is 5.32 Å². The summed E-state index contributed by atoms with van der Waals surface area (Å²) in [7, 11) is 0. The van der Waals surface area contributed by atoms with Crippen LogP contribution in [0.5, 0.6) is 0 Å². The Morgan fingerprint density at radius 2 is 1.84 bits per heavy atom. The summed E-state index contributed by atoms with van der Waals surface area (Å²) in [5.41, 5.74) is 2.71. The summed E-state index contributed by atoms with van der Waals surface area (Å²) in [4.78, 5) is 40.1. The van der Waals surface area contributed by atoms with Gasteiger partial charge in [0.2, 0.25) is 5.91 Å². The van der Waals surface area contributed by atoms with E-state index in [1.165, 1.54) is 0 Å². The first kappa shape index (κ1) is 17.5. The Kier molecular flexibility index (Phi) is 5.06. The van der Waals surface area contributed by atoms with Crippen LogP contribution in [-0.4, -0.2) is 53.2 Å². The van der Waals surface area contributed by atoms with E-state index in [9.17, 15) is 14.4 Å². The van der Waals surface area contributed by atoms with Crippen molar-refractivity contribution < 1.29 is 14.4 Å². The lowest BCUT2D eigenvalue weighted by atomic mass is 10.0. The Bertz CT molecular complexity index is 693. The van der Waals surface area contributed by atoms with E-state index >= 15 is 0 Å². The highest BCUT2D eigenvalue weighted by molar-refractivity contribution is 6.39. The van der Waals surface area contributed by atoms with Gasteiger partial charge in [-0.1, -0.05) is 12.1 Å². The van der Waals surface area contributed by atoms with E-state index in [1.807, 2.05) is 30.9 Å². The molecular formula is C19H25N3O3. The minimum Gasteiger partial charge on any atom is -0.340 e. The zero-order valence-electron chi connectivity index (χ0n) is 14.9. The van der Waals surface area contributed by atoms with Crippen LogP contribution in [0, 0.1) is 13.8 Å². The summed E-state index contributed by atoms with van der Waals surface area (Å²) in [6, 6.07) is 5.85. The fraction of sp³-hybridized carbons (Fsp3) is 0.526. The highest BCUT2D eigenvalue weighted by Crippen LogP contribution is 2.23. The van der Waals surface area contributed by atoms with Crippen LogP contribution >= 0.6 is 0 Å². The number of piperidine rings is 1. The number of likely N-dealkylation sites (tertiary alicyclic amines) is 2. The van der Waals surface area contributed by atoms with Crippen molar-refractivity contribution in [3.05, 3.63) is 29.3 Å². The van der Waals surface area contributed by atoms with Crippen molar-refractivity contribution in [2.45, 2.75) is 45.6 Å². The second kappa shape index (κ2) is 7.25. The molecule has 2 heterocycles. The first-order chi connectivity index (χ1) is 12.0. The van der Waals surface area contributed by atoms with Crippen LogP contribution in [0.15, 0.2) is 18.2 Å². The third kappa shape index (κ3) is 3.67. The van der Waals surface area contributed by atoms with Crippen LogP contribution in [0.25, 0.3) is 0 Å². The maximum atomic E-state index is 12.4. The predicted octanol–water partition coefficient (Wildman–Crippen LogP) is 1.86. The molecule has 0 radical (unpaired) electrons. The molecule has 0 spiro atoms. The largest absolute Gasteiger partial charge is 0.340 e. The zero-order chi connectivity index (χ0) is 18.0. The number of rotatable bonds is 2. The van der Waals surface area contributed by atoms with Crippen molar-refractivity contribution in [3.63, 3.8) is 0 Å². The molecule has 25 heavy (non-hydrogen) atoms. The molecule has 1 N–H and O–H groups in total. The molecule has 0 saturated carbocycles. The molecular weight excluding hydrogens is 318 g/mol.